The second-order valence-corrected chi connectivity index (χ2v) is 4.10. The van der Waals surface area contributed by atoms with E-state index in [1.165, 1.54) is 25.1 Å². The molecule has 1 aromatic carbocycles. The lowest BCUT2D eigenvalue weighted by Gasteiger charge is -2.05. The minimum absolute atomic E-state index is 0.00971. The van der Waals surface area contributed by atoms with Crippen molar-refractivity contribution in [2.24, 2.45) is 5.73 Å². The van der Waals surface area contributed by atoms with Crippen molar-refractivity contribution >= 4 is 0 Å². The summed E-state index contributed by atoms with van der Waals surface area (Å²) in [6.07, 6.45) is -4.52. The van der Waals surface area contributed by atoms with Crippen molar-refractivity contribution in [1.29, 1.82) is 0 Å². The van der Waals surface area contributed by atoms with Gasteiger partial charge in [-0.05, 0) is 25.1 Å². The number of phenols is 1. The second-order valence-electron chi connectivity index (χ2n) is 4.10. The average Bonchev–Trinajstić information content (AvgIpc) is 2.72. The number of hydrogen-bond acceptors (Lipinski definition) is 3. The van der Waals surface area contributed by atoms with Gasteiger partial charge in [-0.3, -0.25) is 0 Å². The van der Waals surface area contributed by atoms with Crippen molar-refractivity contribution in [3.63, 3.8) is 0 Å². The molecule has 0 fully saturated rings. The molecule has 0 saturated carbocycles. The SMILES string of the molecule is Cc1[nH]c(C(F)(F)F)nc1-c1ccc(O)c(CN)c1. The van der Waals surface area contributed by atoms with Crippen LogP contribution in [-0.4, -0.2) is 15.1 Å². The number of aromatic nitrogens is 2. The first-order valence-corrected chi connectivity index (χ1v) is 5.49. The Labute approximate surface area is 107 Å². The van der Waals surface area contributed by atoms with Gasteiger partial charge in [0.15, 0.2) is 0 Å². The Bertz CT molecular complexity index is 605. The summed E-state index contributed by atoms with van der Waals surface area (Å²) >= 11 is 0. The molecule has 0 amide bonds. The molecule has 4 N–H and O–H groups in total. The van der Waals surface area contributed by atoms with E-state index in [2.05, 4.69) is 9.97 Å². The van der Waals surface area contributed by atoms with Crippen molar-refractivity contribution < 1.29 is 18.3 Å². The summed E-state index contributed by atoms with van der Waals surface area (Å²) in [6.45, 7) is 1.60. The topological polar surface area (TPSA) is 74.9 Å². The monoisotopic (exact) mass is 271 g/mol. The fraction of sp³-hybridized carbons (Fsp3) is 0.250. The molecular weight excluding hydrogens is 259 g/mol. The molecule has 4 nitrogen and oxygen atoms in total. The van der Waals surface area contributed by atoms with Gasteiger partial charge in [-0.15, -0.1) is 0 Å². The van der Waals surface area contributed by atoms with Gasteiger partial charge in [-0.25, -0.2) is 4.98 Å². The van der Waals surface area contributed by atoms with Crippen LogP contribution in [0.4, 0.5) is 13.2 Å². The Balaban J connectivity index is 2.50. The highest BCUT2D eigenvalue weighted by atomic mass is 19.4. The Morgan fingerprint density at radius 3 is 2.58 bits per heavy atom. The third-order valence-electron chi connectivity index (χ3n) is 2.73. The second kappa shape index (κ2) is 4.58. The van der Waals surface area contributed by atoms with Gasteiger partial charge in [-0.2, -0.15) is 13.2 Å². The quantitative estimate of drug-likeness (QED) is 0.785. The third kappa shape index (κ3) is 2.55. The predicted octanol–water partition coefficient (Wildman–Crippen LogP) is 2.57. The molecule has 19 heavy (non-hydrogen) atoms. The summed E-state index contributed by atoms with van der Waals surface area (Å²) < 4.78 is 37.7. The molecule has 0 atom stereocenters. The van der Waals surface area contributed by atoms with Crippen LogP contribution in [0, 0.1) is 6.92 Å². The minimum atomic E-state index is -4.52. The molecule has 0 bridgehead atoms. The Morgan fingerprint density at radius 2 is 2.05 bits per heavy atom. The van der Waals surface area contributed by atoms with E-state index in [1.54, 1.807) is 0 Å². The van der Waals surface area contributed by atoms with Crippen molar-refractivity contribution in [1.82, 2.24) is 9.97 Å². The number of aryl methyl sites for hydroxylation is 1. The highest BCUT2D eigenvalue weighted by molar-refractivity contribution is 5.64. The Morgan fingerprint density at radius 1 is 1.37 bits per heavy atom. The van der Waals surface area contributed by atoms with Gasteiger partial charge >= 0.3 is 6.18 Å². The normalized spacial score (nSPS) is 11.8. The number of aromatic hydroxyl groups is 1. The lowest BCUT2D eigenvalue weighted by Crippen LogP contribution is -2.07. The van der Waals surface area contributed by atoms with Crippen molar-refractivity contribution in [2.75, 3.05) is 0 Å². The van der Waals surface area contributed by atoms with Gasteiger partial charge < -0.3 is 15.8 Å². The highest BCUT2D eigenvalue weighted by Crippen LogP contribution is 2.32. The molecule has 0 aliphatic heterocycles. The van der Waals surface area contributed by atoms with Gasteiger partial charge in [0, 0.05) is 23.4 Å². The predicted molar refractivity (Wildman–Crippen MR) is 63.3 cm³/mol. The van der Waals surface area contributed by atoms with Crippen LogP contribution >= 0.6 is 0 Å². The molecule has 0 aliphatic carbocycles. The molecule has 7 heteroatoms. The van der Waals surface area contributed by atoms with E-state index < -0.39 is 12.0 Å². The fourth-order valence-corrected chi connectivity index (χ4v) is 1.77. The zero-order chi connectivity index (χ0) is 14.2. The number of nitrogens with zero attached hydrogens (tertiary/aromatic N) is 1. The number of halogens is 3. The number of aromatic amines is 1. The molecule has 2 rings (SSSR count). The van der Waals surface area contributed by atoms with Crippen LogP contribution in [0.1, 0.15) is 17.1 Å². The first-order valence-electron chi connectivity index (χ1n) is 5.49. The first kappa shape index (κ1) is 13.4. The van der Waals surface area contributed by atoms with Crippen LogP contribution in [-0.2, 0) is 12.7 Å². The largest absolute Gasteiger partial charge is 0.508 e. The molecule has 0 unspecified atom stereocenters. The summed E-state index contributed by atoms with van der Waals surface area (Å²) in [7, 11) is 0. The summed E-state index contributed by atoms with van der Waals surface area (Å²) in [6, 6.07) is 4.41. The van der Waals surface area contributed by atoms with Crippen LogP contribution < -0.4 is 5.73 Å². The van der Waals surface area contributed by atoms with E-state index in [0.29, 0.717) is 16.8 Å². The van der Waals surface area contributed by atoms with Gasteiger partial charge in [0.2, 0.25) is 5.82 Å². The number of imidazole rings is 1. The maximum atomic E-state index is 12.6. The lowest BCUT2D eigenvalue weighted by atomic mass is 10.1. The number of alkyl halides is 3. The first-order chi connectivity index (χ1) is 8.82. The van der Waals surface area contributed by atoms with E-state index in [4.69, 9.17) is 5.73 Å². The van der Waals surface area contributed by atoms with Gasteiger partial charge in [0.1, 0.15) is 5.75 Å². The number of rotatable bonds is 2. The van der Waals surface area contributed by atoms with E-state index >= 15 is 0 Å². The highest BCUT2D eigenvalue weighted by Gasteiger charge is 2.35. The van der Waals surface area contributed by atoms with Crippen LogP contribution in [0.15, 0.2) is 18.2 Å². The number of hydrogen-bond donors (Lipinski definition) is 3. The maximum Gasteiger partial charge on any atom is 0.449 e. The van der Waals surface area contributed by atoms with E-state index in [9.17, 15) is 18.3 Å². The van der Waals surface area contributed by atoms with Gasteiger partial charge in [-0.1, -0.05) is 0 Å². The fourth-order valence-electron chi connectivity index (χ4n) is 1.77. The molecular formula is C12H12F3N3O. The lowest BCUT2D eigenvalue weighted by molar-refractivity contribution is -0.144. The molecule has 0 aliphatic rings. The van der Waals surface area contributed by atoms with Gasteiger partial charge in [0.25, 0.3) is 0 Å². The molecule has 0 saturated heterocycles. The number of nitrogens with one attached hydrogen (secondary N) is 1. The Hall–Kier alpha value is -2.02. The minimum Gasteiger partial charge on any atom is -0.508 e. The number of benzene rings is 1. The van der Waals surface area contributed by atoms with Crippen molar-refractivity contribution in [2.45, 2.75) is 19.6 Å². The van der Waals surface area contributed by atoms with E-state index in [-0.39, 0.29) is 18.0 Å². The molecule has 1 aromatic heterocycles. The van der Waals surface area contributed by atoms with Crippen LogP contribution in [0.5, 0.6) is 5.75 Å². The number of H-pyrrole nitrogens is 1. The zero-order valence-corrected chi connectivity index (χ0v) is 10.0. The molecule has 0 spiro atoms. The molecule has 2 aromatic rings. The average molecular weight is 271 g/mol. The Kier molecular flexibility index (Phi) is 3.23. The maximum absolute atomic E-state index is 12.6. The smallest absolute Gasteiger partial charge is 0.449 e. The summed E-state index contributed by atoms with van der Waals surface area (Å²) in [5, 5.41) is 9.50. The summed E-state index contributed by atoms with van der Waals surface area (Å²) in [5.74, 6) is -1.03. The number of phenolic OH excluding ortho intramolecular Hbond substituents is 1. The van der Waals surface area contributed by atoms with Crippen LogP contribution in [0.25, 0.3) is 11.3 Å². The standard InChI is InChI=1S/C12H12F3N3O/c1-6-10(18-11(17-6)12(13,14)15)7-2-3-9(19)8(4-7)5-16/h2-4,19H,5,16H2,1H3,(H,17,18). The summed E-state index contributed by atoms with van der Waals surface area (Å²) in [5.41, 5.74) is 6.87. The van der Waals surface area contributed by atoms with Gasteiger partial charge in [0.05, 0.1) is 5.69 Å². The van der Waals surface area contributed by atoms with E-state index in [0.717, 1.165) is 0 Å². The molecule has 0 radical (unpaired) electrons. The number of nitrogens with two attached hydrogens (primary N) is 1. The summed E-state index contributed by atoms with van der Waals surface area (Å²) in [4.78, 5) is 5.76. The zero-order valence-electron chi connectivity index (χ0n) is 10.0. The molecule has 102 valence electrons. The van der Waals surface area contributed by atoms with Crippen molar-refractivity contribution in [3.8, 4) is 17.0 Å². The van der Waals surface area contributed by atoms with Crippen LogP contribution in [0.2, 0.25) is 0 Å². The van der Waals surface area contributed by atoms with Crippen molar-refractivity contribution in [3.05, 3.63) is 35.3 Å². The van der Waals surface area contributed by atoms with E-state index in [1.807, 2.05) is 0 Å². The van der Waals surface area contributed by atoms with Crippen LogP contribution in [0.3, 0.4) is 0 Å². The molecule has 1 heterocycles. The third-order valence-corrected chi connectivity index (χ3v) is 2.73.